The van der Waals surface area contributed by atoms with Gasteiger partial charge in [-0.3, -0.25) is 10.1 Å². The van der Waals surface area contributed by atoms with Crippen molar-refractivity contribution in [1.29, 1.82) is 0 Å². The molecular weight excluding hydrogens is 192 g/mol. The minimum absolute atomic E-state index is 0.0694. The minimum atomic E-state index is -0.414. The number of nitrogens with zero attached hydrogens (tertiary/aromatic N) is 1. The molecule has 0 fully saturated rings. The monoisotopic (exact) mass is 198 g/mol. The van der Waals surface area contributed by atoms with Crippen LogP contribution in [0.4, 0.5) is 11.4 Å². The van der Waals surface area contributed by atoms with E-state index in [2.05, 4.69) is 5.32 Å². The molecule has 5 heteroatoms. The van der Waals surface area contributed by atoms with Crippen LogP contribution in [-0.4, -0.2) is 11.5 Å². The first-order valence-corrected chi connectivity index (χ1v) is 4.27. The van der Waals surface area contributed by atoms with Crippen molar-refractivity contribution in [3.8, 4) is 0 Å². The van der Waals surface area contributed by atoms with E-state index in [0.717, 1.165) is 18.5 Å². The molecule has 0 unspecified atom stereocenters. The zero-order chi connectivity index (χ0) is 9.42. The smallest absolute Gasteiger partial charge is 0.294 e. The number of nitro groups is 1. The van der Waals surface area contributed by atoms with E-state index >= 15 is 0 Å². The lowest BCUT2D eigenvalue weighted by Crippen LogP contribution is -1.96. The van der Waals surface area contributed by atoms with Crippen molar-refractivity contribution in [3.63, 3.8) is 0 Å². The molecule has 1 aliphatic rings. The maximum Gasteiger partial charge on any atom is 0.294 e. The first-order chi connectivity index (χ1) is 6.18. The number of hydrogen-bond donors (Lipinski definition) is 1. The van der Waals surface area contributed by atoms with Crippen molar-refractivity contribution in [2.45, 2.75) is 6.42 Å². The summed E-state index contributed by atoms with van der Waals surface area (Å²) in [4.78, 5) is 10.2. The van der Waals surface area contributed by atoms with Gasteiger partial charge in [-0.05, 0) is 18.1 Å². The molecular formula is C8H7ClN2O2. The van der Waals surface area contributed by atoms with Crippen molar-refractivity contribution >= 4 is 23.0 Å². The van der Waals surface area contributed by atoms with Gasteiger partial charge in [-0.25, -0.2) is 0 Å². The lowest BCUT2D eigenvalue weighted by Gasteiger charge is -2.01. The van der Waals surface area contributed by atoms with Gasteiger partial charge in [-0.15, -0.1) is 0 Å². The quantitative estimate of drug-likeness (QED) is 0.556. The fraction of sp³-hybridized carbons (Fsp3) is 0.250. The molecule has 0 bridgehead atoms. The molecule has 4 nitrogen and oxygen atoms in total. The van der Waals surface area contributed by atoms with Gasteiger partial charge in [0.1, 0.15) is 5.69 Å². The van der Waals surface area contributed by atoms with Gasteiger partial charge >= 0.3 is 0 Å². The average molecular weight is 199 g/mol. The molecule has 13 heavy (non-hydrogen) atoms. The minimum Gasteiger partial charge on any atom is -0.379 e. The van der Waals surface area contributed by atoms with Gasteiger partial charge in [-0.1, -0.05) is 11.6 Å². The molecule has 0 saturated heterocycles. The second-order valence-corrected chi connectivity index (χ2v) is 3.33. The maximum absolute atomic E-state index is 10.6. The van der Waals surface area contributed by atoms with Crippen LogP contribution in [0.5, 0.6) is 0 Å². The predicted octanol–water partition coefficient (Wildman–Crippen LogP) is 2.22. The first-order valence-electron chi connectivity index (χ1n) is 3.89. The lowest BCUT2D eigenvalue weighted by atomic mass is 10.1. The van der Waals surface area contributed by atoms with E-state index in [0.29, 0.717) is 10.7 Å². The van der Waals surface area contributed by atoms with E-state index in [9.17, 15) is 10.1 Å². The standard InChI is InChI=1S/C8H7ClN2O2/c9-6-3-5-1-2-10-8(5)7(4-6)11(12)13/h3-4,10H,1-2H2. The van der Waals surface area contributed by atoms with Crippen LogP contribution in [0.3, 0.4) is 0 Å². The van der Waals surface area contributed by atoms with Crippen molar-refractivity contribution < 1.29 is 4.92 Å². The summed E-state index contributed by atoms with van der Waals surface area (Å²) in [5, 5.41) is 14.0. The van der Waals surface area contributed by atoms with E-state index in [4.69, 9.17) is 11.6 Å². The van der Waals surface area contributed by atoms with E-state index in [1.807, 2.05) is 0 Å². The fourth-order valence-corrected chi connectivity index (χ4v) is 1.75. The molecule has 1 aliphatic heterocycles. The zero-order valence-corrected chi connectivity index (χ0v) is 7.47. The van der Waals surface area contributed by atoms with E-state index in [-0.39, 0.29) is 5.69 Å². The summed E-state index contributed by atoms with van der Waals surface area (Å²) >= 11 is 5.74. The molecule has 1 N–H and O–H groups in total. The van der Waals surface area contributed by atoms with Gasteiger partial charge in [0.2, 0.25) is 0 Å². The Morgan fingerprint density at radius 2 is 2.31 bits per heavy atom. The maximum atomic E-state index is 10.6. The Kier molecular flexibility index (Phi) is 1.84. The summed E-state index contributed by atoms with van der Waals surface area (Å²) in [5.41, 5.74) is 1.62. The van der Waals surface area contributed by atoms with Crippen LogP contribution in [0.1, 0.15) is 5.56 Å². The zero-order valence-electron chi connectivity index (χ0n) is 6.71. The largest absolute Gasteiger partial charge is 0.379 e. The molecule has 0 radical (unpaired) electrons. The molecule has 0 atom stereocenters. The highest BCUT2D eigenvalue weighted by atomic mass is 35.5. The Morgan fingerprint density at radius 1 is 1.54 bits per heavy atom. The molecule has 2 rings (SSSR count). The predicted molar refractivity (Wildman–Crippen MR) is 50.3 cm³/mol. The third-order valence-electron chi connectivity index (χ3n) is 2.06. The summed E-state index contributed by atoms with van der Waals surface area (Å²) in [6, 6.07) is 3.14. The summed E-state index contributed by atoms with van der Waals surface area (Å²) < 4.78 is 0. The number of rotatable bonds is 1. The van der Waals surface area contributed by atoms with Crippen molar-refractivity contribution in [3.05, 3.63) is 32.8 Å². The fourth-order valence-electron chi connectivity index (χ4n) is 1.51. The van der Waals surface area contributed by atoms with E-state index in [1.54, 1.807) is 6.07 Å². The van der Waals surface area contributed by atoms with Gasteiger partial charge in [0.05, 0.1) is 4.92 Å². The molecule has 68 valence electrons. The second kappa shape index (κ2) is 2.88. The number of halogens is 1. The molecule has 1 heterocycles. The molecule has 0 amide bonds. The van der Waals surface area contributed by atoms with Crippen LogP contribution in [0.15, 0.2) is 12.1 Å². The summed E-state index contributed by atoms with van der Waals surface area (Å²) in [7, 11) is 0. The number of nitro benzene ring substituents is 1. The van der Waals surface area contributed by atoms with Crippen LogP contribution < -0.4 is 5.32 Å². The van der Waals surface area contributed by atoms with Crippen molar-refractivity contribution in [1.82, 2.24) is 0 Å². The van der Waals surface area contributed by atoms with Gasteiger partial charge < -0.3 is 5.32 Å². The number of hydrogen-bond acceptors (Lipinski definition) is 3. The molecule has 0 aromatic heterocycles. The average Bonchev–Trinajstić information content (AvgIpc) is 2.49. The highest BCUT2D eigenvalue weighted by molar-refractivity contribution is 6.31. The normalized spacial score (nSPS) is 13.6. The molecule has 1 aromatic rings. The summed E-state index contributed by atoms with van der Waals surface area (Å²) in [5.74, 6) is 0. The molecule has 0 spiro atoms. The Hall–Kier alpha value is -1.29. The Balaban J connectivity index is 2.62. The first kappa shape index (κ1) is 8.31. The van der Waals surface area contributed by atoms with Crippen LogP contribution in [0.2, 0.25) is 5.02 Å². The van der Waals surface area contributed by atoms with Crippen molar-refractivity contribution in [2.24, 2.45) is 0 Å². The Morgan fingerprint density at radius 3 is 3.00 bits per heavy atom. The summed E-state index contributed by atoms with van der Waals surface area (Å²) in [6.07, 6.45) is 0.802. The molecule has 0 saturated carbocycles. The third-order valence-corrected chi connectivity index (χ3v) is 2.28. The van der Waals surface area contributed by atoms with Crippen LogP contribution in [-0.2, 0) is 6.42 Å². The van der Waals surface area contributed by atoms with Crippen LogP contribution in [0.25, 0.3) is 0 Å². The Bertz CT molecular complexity index is 379. The van der Waals surface area contributed by atoms with Gasteiger partial charge in [0.15, 0.2) is 0 Å². The Labute approximate surface area is 79.7 Å². The van der Waals surface area contributed by atoms with Crippen molar-refractivity contribution in [2.75, 3.05) is 11.9 Å². The molecule has 0 aliphatic carbocycles. The van der Waals surface area contributed by atoms with E-state index in [1.165, 1.54) is 6.07 Å². The van der Waals surface area contributed by atoms with Gasteiger partial charge in [0, 0.05) is 17.6 Å². The number of benzene rings is 1. The van der Waals surface area contributed by atoms with Crippen LogP contribution in [0, 0.1) is 10.1 Å². The third kappa shape index (κ3) is 1.33. The highest BCUT2D eigenvalue weighted by Gasteiger charge is 2.22. The highest BCUT2D eigenvalue weighted by Crippen LogP contribution is 2.35. The number of fused-ring (bicyclic) bond motifs is 1. The second-order valence-electron chi connectivity index (χ2n) is 2.89. The number of nitrogens with one attached hydrogen (secondary N) is 1. The summed E-state index contributed by atoms with van der Waals surface area (Å²) in [6.45, 7) is 0.747. The topological polar surface area (TPSA) is 55.2 Å². The van der Waals surface area contributed by atoms with Gasteiger partial charge in [0.25, 0.3) is 5.69 Å². The van der Waals surface area contributed by atoms with Crippen LogP contribution >= 0.6 is 11.6 Å². The van der Waals surface area contributed by atoms with Gasteiger partial charge in [-0.2, -0.15) is 0 Å². The number of anilines is 1. The SMILES string of the molecule is O=[N+]([O-])c1cc(Cl)cc2c1NCC2. The van der Waals surface area contributed by atoms with E-state index < -0.39 is 4.92 Å². The lowest BCUT2D eigenvalue weighted by molar-refractivity contribution is -0.383. The molecule has 1 aromatic carbocycles.